The van der Waals surface area contributed by atoms with Crippen LogP contribution < -0.4 is 10.1 Å². The Morgan fingerprint density at radius 3 is 2.48 bits per heavy atom. The molecule has 1 aliphatic carbocycles. The minimum Gasteiger partial charge on any atom is -0.492 e. The molecule has 1 fully saturated rings. The van der Waals surface area contributed by atoms with Gasteiger partial charge in [-0.15, -0.1) is 0 Å². The normalized spacial score (nSPS) is 20.0. The average Bonchev–Trinajstić information content (AvgIpc) is 2.94. The summed E-state index contributed by atoms with van der Waals surface area (Å²) >= 11 is 0. The Balaban J connectivity index is 2.37. The Morgan fingerprint density at radius 2 is 2.05 bits per heavy atom. The van der Waals surface area contributed by atoms with Crippen molar-refractivity contribution >= 4 is 25.6 Å². The topological polar surface area (TPSA) is 72.5 Å². The van der Waals surface area contributed by atoms with Crippen molar-refractivity contribution in [3.8, 4) is 5.75 Å². The number of rotatable bonds is 4. The molecule has 0 aliphatic heterocycles. The van der Waals surface area contributed by atoms with E-state index >= 15 is 0 Å². The zero-order chi connectivity index (χ0) is 16.0. The van der Waals surface area contributed by atoms with Crippen LogP contribution in [0.3, 0.4) is 0 Å². The molecule has 1 aromatic rings. The quantitative estimate of drug-likeness (QED) is 0.857. The fraction of sp³-hybridized carbons (Fsp3) is 0.462. The van der Waals surface area contributed by atoms with Crippen LogP contribution in [0.15, 0.2) is 17.0 Å². The molecule has 0 spiro atoms. The maximum absolute atomic E-state index is 13.9. The van der Waals surface area contributed by atoms with Crippen molar-refractivity contribution < 1.29 is 22.3 Å². The first-order valence-electron chi connectivity index (χ1n) is 6.19. The maximum atomic E-state index is 13.9. The van der Waals surface area contributed by atoms with E-state index in [2.05, 4.69) is 5.32 Å². The van der Waals surface area contributed by atoms with Gasteiger partial charge in [-0.25, -0.2) is 12.8 Å². The highest BCUT2D eigenvalue weighted by atomic mass is 35.7. The number of hydrogen-bond acceptors (Lipinski definition) is 4. The van der Waals surface area contributed by atoms with E-state index in [1.54, 1.807) is 0 Å². The van der Waals surface area contributed by atoms with Crippen LogP contribution in [0.5, 0.6) is 5.75 Å². The molecule has 8 heteroatoms. The van der Waals surface area contributed by atoms with Crippen LogP contribution in [0, 0.1) is 11.2 Å². The molecular weight excluding hydrogens is 321 g/mol. The summed E-state index contributed by atoms with van der Waals surface area (Å²) in [6, 6.07) is 1.93. The molecule has 0 bridgehead atoms. The third-order valence-corrected chi connectivity index (χ3v) is 4.88. The molecule has 0 saturated heterocycles. The predicted octanol–water partition coefficient (Wildman–Crippen LogP) is 2.29. The molecule has 0 aromatic heterocycles. The van der Waals surface area contributed by atoms with Crippen LogP contribution in [-0.2, 0) is 9.05 Å². The Morgan fingerprint density at radius 1 is 1.48 bits per heavy atom. The monoisotopic (exact) mass is 335 g/mol. The Hall–Kier alpha value is -1.34. The molecule has 1 atom stereocenters. The Bertz CT molecular complexity index is 702. The molecule has 1 aromatic carbocycles. The van der Waals surface area contributed by atoms with Gasteiger partial charge in [0.25, 0.3) is 15.0 Å². The van der Waals surface area contributed by atoms with E-state index < -0.39 is 31.4 Å². The van der Waals surface area contributed by atoms with Crippen molar-refractivity contribution in [2.24, 2.45) is 5.41 Å². The van der Waals surface area contributed by atoms with E-state index in [0.717, 1.165) is 25.7 Å². The molecule has 1 unspecified atom stereocenters. The molecule has 116 valence electrons. The average molecular weight is 336 g/mol. The number of hydrogen-bond donors (Lipinski definition) is 1. The zero-order valence-electron chi connectivity index (χ0n) is 11.7. The maximum Gasteiger partial charge on any atom is 0.265 e. The van der Waals surface area contributed by atoms with Gasteiger partial charge in [0.15, 0.2) is 11.6 Å². The summed E-state index contributed by atoms with van der Waals surface area (Å²) in [6.07, 6.45) is 0.817. The second-order valence-corrected chi connectivity index (χ2v) is 8.18. The number of carbonyl (C=O) groups excluding carboxylic acids is 1. The predicted molar refractivity (Wildman–Crippen MR) is 75.6 cm³/mol. The van der Waals surface area contributed by atoms with Gasteiger partial charge in [-0.1, -0.05) is 13.8 Å². The molecule has 1 saturated carbocycles. The highest BCUT2D eigenvalue weighted by Crippen LogP contribution is 2.44. The first-order valence-corrected chi connectivity index (χ1v) is 8.50. The van der Waals surface area contributed by atoms with Gasteiger partial charge in [-0.3, -0.25) is 4.79 Å². The molecule has 1 N–H and O–H groups in total. The molecule has 0 heterocycles. The van der Waals surface area contributed by atoms with Crippen LogP contribution in [0.1, 0.15) is 30.6 Å². The lowest BCUT2D eigenvalue weighted by Gasteiger charge is -2.11. The summed E-state index contributed by atoms with van der Waals surface area (Å²) in [6.45, 7) is 3.97. The van der Waals surface area contributed by atoms with Crippen LogP contribution in [0.4, 0.5) is 4.39 Å². The van der Waals surface area contributed by atoms with E-state index in [4.69, 9.17) is 15.4 Å². The van der Waals surface area contributed by atoms with Crippen LogP contribution in [0.2, 0.25) is 0 Å². The van der Waals surface area contributed by atoms with E-state index in [-0.39, 0.29) is 17.0 Å². The minimum atomic E-state index is -4.23. The molecule has 2 rings (SSSR count). The summed E-state index contributed by atoms with van der Waals surface area (Å²) in [5.41, 5.74) is -0.113. The van der Waals surface area contributed by atoms with E-state index in [0.29, 0.717) is 0 Å². The van der Waals surface area contributed by atoms with Crippen molar-refractivity contribution in [2.75, 3.05) is 7.11 Å². The summed E-state index contributed by atoms with van der Waals surface area (Å²) in [5, 5.41) is 2.72. The molecule has 21 heavy (non-hydrogen) atoms. The largest absolute Gasteiger partial charge is 0.492 e. The zero-order valence-corrected chi connectivity index (χ0v) is 13.3. The summed E-state index contributed by atoms with van der Waals surface area (Å²) < 4.78 is 41.5. The molecule has 5 nitrogen and oxygen atoms in total. The first-order chi connectivity index (χ1) is 9.56. The van der Waals surface area contributed by atoms with Crippen LogP contribution in [-0.4, -0.2) is 27.5 Å². The SMILES string of the molecule is COc1c(F)cc(C(=O)NC2CC2(C)C)cc1S(=O)(=O)Cl. The second kappa shape index (κ2) is 5.14. The second-order valence-electron chi connectivity index (χ2n) is 5.65. The fourth-order valence-corrected chi connectivity index (χ4v) is 3.05. The van der Waals surface area contributed by atoms with Gasteiger partial charge in [0.2, 0.25) is 0 Å². The van der Waals surface area contributed by atoms with E-state index in [9.17, 15) is 17.6 Å². The van der Waals surface area contributed by atoms with Gasteiger partial charge in [-0.05, 0) is 24.0 Å². The van der Waals surface area contributed by atoms with E-state index in [1.165, 1.54) is 0 Å². The van der Waals surface area contributed by atoms with Crippen LogP contribution in [0.25, 0.3) is 0 Å². The number of ether oxygens (including phenoxy) is 1. The number of methoxy groups -OCH3 is 1. The summed E-state index contributed by atoms with van der Waals surface area (Å²) in [5.74, 6) is -2.01. The molecular formula is C13H15ClFNO4S. The van der Waals surface area contributed by atoms with Crippen molar-refractivity contribution in [1.29, 1.82) is 0 Å². The molecule has 1 amide bonds. The van der Waals surface area contributed by atoms with Gasteiger partial charge in [-0.2, -0.15) is 0 Å². The van der Waals surface area contributed by atoms with Crippen molar-refractivity contribution in [1.82, 2.24) is 5.32 Å². The summed E-state index contributed by atoms with van der Waals surface area (Å²) in [4.78, 5) is 11.5. The first kappa shape index (κ1) is 16.0. The summed E-state index contributed by atoms with van der Waals surface area (Å²) in [7, 11) is 2.14. The van der Waals surface area contributed by atoms with Gasteiger partial charge in [0, 0.05) is 22.3 Å². The fourth-order valence-electron chi connectivity index (χ4n) is 2.03. The molecule has 0 radical (unpaired) electrons. The lowest BCUT2D eigenvalue weighted by Crippen LogP contribution is -2.28. The van der Waals surface area contributed by atoms with E-state index in [1.807, 2.05) is 13.8 Å². The molecule has 1 aliphatic rings. The van der Waals surface area contributed by atoms with Crippen molar-refractivity contribution in [2.45, 2.75) is 31.2 Å². The Labute approximate surface area is 126 Å². The highest BCUT2D eigenvalue weighted by molar-refractivity contribution is 8.13. The van der Waals surface area contributed by atoms with Crippen molar-refractivity contribution in [3.05, 3.63) is 23.5 Å². The lowest BCUT2D eigenvalue weighted by atomic mass is 10.1. The Kier molecular flexibility index (Phi) is 3.92. The van der Waals surface area contributed by atoms with Gasteiger partial charge < -0.3 is 10.1 Å². The standard InChI is InChI=1S/C13H15ClFNO4S/c1-13(2)6-10(13)16-12(17)7-4-8(15)11(20-3)9(5-7)21(14,18)19/h4-5,10H,6H2,1-3H3,(H,16,17). The van der Waals surface area contributed by atoms with Gasteiger partial charge in [0.05, 0.1) is 7.11 Å². The minimum absolute atomic E-state index is 0.00205. The van der Waals surface area contributed by atoms with Gasteiger partial charge in [0.1, 0.15) is 4.90 Å². The lowest BCUT2D eigenvalue weighted by molar-refractivity contribution is 0.0945. The third kappa shape index (κ3) is 3.29. The number of nitrogens with one attached hydrogen (secondary N) is 1. The van der Waals surface area contributed by atoms with Crippen LogP contribution >= 0.6 is 10.7 Å². The smallest absolute Gasteiger partial charge is 0.265 e. The number of carbonyl (C=O) groups is 1. The number of halogens is 2. The number of benzene rings is 1. The van der Waals surface area contributed by atoms with Crippen molar-refractivity contribution in [3.63, 3.8) is 0 Å². The van der Waals surface area contributed by atoms with Gasteiger partial charge >= 0.3 is 0 Å². The highest BCUT2D eigenvalue weighted by Gasteiger charge is 2.46. The third-order valence-electron chi connectivity index (χ3n) is 3.56. The number of amides is 1.